The standard InChI is InChI=1S/C12H18N2O3S/c1-12(2,3)14-11(17)10(16)13-6-9(15)8-4-5-18-7-8/h4-5,7,9,15H,6H2,1-3H3,(H,13,16)(H,14,17)/t9-/m1/s1. The molecule has 0 saturated carbocycles. The Kier molecular flexibility index (Phi) is 4.86. The zero-order valence-electron chi connectivity index (χ0n) is 10.7. The van der Waals surface area contributed by atoms with E-state index in [9.17, 15) is 14.7 Å². The van der Waals surface area contributed by atoms with Gasteiger partial charge >= 0.3 is 11.8 Å². The van der Waals surface area contributed by atoms with Gasteiger partial charge in [0.1, 0.15) is 0 Å². The molecule has 1 aromatic heterocycles. The summed E-state index contributed by atoms with van der Waals surface area (Å²) in [6.07, 6.45) is -0.789. The second-order valence-corrected chi connectivity index (χ2v) is 5.77. The number of aliphatic hydroxyl groups excluding tert-OH is 1. The van der Waals surface area contributed by atoms with Crippen molar-refractivity contribution in [3.8, 4) is 0 Å². The van der Waals surface area contributed by atoms with Crippen molar-refractivity contribution >= 4 is 23.2 Å². The van der Waals surface area contributed by atoms with E-state index in [1.165, 1.54) is 11.3 Å². The summed E-state index contributed by atoms with van der Waals surface area (Å²) < 4.78 is 0. The number of thiophene rings is 1. The molecule has 0 aliphatic carbocycles. The third-order valence-corrected chi connectivity index (χ3v) is 2.78. The maximum Gasteiger partial charge on any atom is 0.309 e. The first-order chi connectivity index (χ1) is 8.29. The van der Waals surface area contributed by atoms with Gasteiger partial charge in [-0.25, -0.2) is 0 Å². The molecule has 0 aliphatic heterocycles. The monoisotopic (exact) mass is 270 g/mol. The van der Waals surface area contributed by atoms with Crippen LogP contribution in [0.15, 0.2) is 16.8 Å². The molecule has 1 heterocycles. The highest BCUT2D eigenvalue weighted by Gasteiger charge is 2.20. The highest BCUT2D eigenvalue weighted by Crippen LogP contribution is 2.14. The lowest BCUT2D eigenvalue weighted by molar-refractivity contribution is -0.140. The van der Waals surface area contributed by atoms with Crippen LogP contribution in [-0.4, -0.2) is 29.0 Å². The van der Waals surface area contributed by atoms with Crippen LogP contribution in [-0.2, 0) is 9.59 Å². The summed E-state index contributed by atoms with van der Waals surface area (Å²) in [5.41, 5.74) is 0.275. The van der Waals surface area contributed by atoms with Gasteiger partial charge in [0.25, 0.3) is 0 Å². The number of carbonyl (C=O) groups is 2. The topological polar surface area (TPSA) is 78.4 Å². The average Bonchev–Trinajstić information content (AvgIpc) is 2.76. The van der Waals surface area contributed by atoms with Crippen LogP contribution < -0.4 is 10.6 Å². The van der Waals surface area contributed by atoms with Gasteiger partial charge in [-0.2, -0.15) is 11.3 Å². The quantitative estimate of drug-likeness (QED) is 0.711. The molecule has 2 amide bonds. The molecule has 0 bridgehead atoms. The lowest BCUT2D eigenvalue weighted by Gasteiger charge is -2.20. The molecule has 0 aromatic carbocycles. The van der Waals surface area contributed by atoms with E-state index in [-0.39, 0.29) is 6.54 Å². The highest BCUT2D eigenvalue weighted by molar-refractivity contribution is 7.07. The smallest absolute Gasteiger partial charge is 0.309 e. The fourth-order valence-corrected chi connectivity index (χ4v) is 1.96. The van der Waals surface area contributed by atoms with E-state index in [1.54, 1.807) is 32.2 Å². The Morgan fingerprint density at radius 1 is 1.39 bits per heavy atom. The van der Waals surface area contributed by atoms with Gasteiger partial charge in [0, 0.05) is 12.1 Å². The summed E-state index contributed by atoms with van der Waals surface area (Å²) in [5, 5.41) is 18.3. The Hall–Kier alpha value is -1.40. The molecule has 1 aromatic rings. The molecule has 1 atom stereocenters. The van der Waals surface area contributed by atoms with E-state index >= 15 is 0 Å². The maximum absolute atomic E-state index is 11.5. The molecule has 3 N–H and O–H groups in total. The Bertz CT molecular complexity index is 409. The van der Waals surface area contributed by atoms with Gasteiger partial charge in [0.2, 0.25) is 0 Å². The van der Waals surface area contributed by atoms with Crippen molar-refractivity contribution in [2.24, 2.45) is 0 Å². The van der Waals surface area contributed by atoms with Crippen molar-refractivity contribution in [3.63, 3.8) is 0 Å². The van der Waals surface area contributed by atoms with Gasteiger partial charge in [0.15, 0.2) is 0 Å². The lowest BCUT2D eigenvalue weighted by Crippen LogP contribution is -2.48. The number of hydrogen-bond acceptors (Lipinski definition) is 4. The van der Waals surface area contributed by atoms with E-state index in [0.29, 0.717) is 0 Å². The fourth-order valence-electron chi connectivity index (χ4n) is 1.25. The van der Waals surface area contributed by atoms with Crippen LogP contribution in [0.1, 0.15) is 32.4 Å². The summed E-state index contributed by atoms with van der Waals surface area (Å²) in [4.78, 5) is 22.9. The van der Waals surface area contributed by atoms with Crippen molar-refractivity contribution in [1.29, 1.82) is 0 Å². The molecular formula is C12H18N2O3S. The molecule has 6 heteroatoms. The second kappa shape index (κ2) is 5.97. The second-order valence-electron chi connectivity index (χ2n) is 4.99. The summed E-state index contributed by atoms with van der Waals surface area (Å²) in [6, 6.07) is 1.77. The van der Waals surface area contributed by atoms with Gasteiger partial charge in [-0.1, -0.05) is 0 Å². The van der Waals surface area contributed by atoms with Crippen LogP contribution in [0.4, 0.5) is 0 Å². The number of rotatable bonds is 3. The number of aliphatic hydroxyl groups is 1. The number of amides is 2. The van der Waals surface area contributed by atoms with Crippen LogP contribution >= 0.6 is 11.3 Å². The zero-order chi connectivity index (χ0) is 13.8. The first kappa shape index (κ1) is 14.7. The van der Waals surface area contributed by atoms with Gasteiger partial charge in [-0.15, -0.1) is 0 Å². The predicted molar refractivity (Wildman–Crippen MR) is 70.2 cm³/mol. The van der Waals surface area contributed by atoms with Crippen molar-refractivity contribution in [2.75, 3.05) is 6.54 Å². The molecule has 1 rings (SSSR count). The fraction of sp³-hybridized carbons (Fsp3) is 0.500. The molecule has 0 spiro atoms. The van der Waals surface area contributed by atoms with E-state index in [0.717, 1.165) is 5.56 Å². The normalized spacial score (nSPS) is 12.9. The Labute approximate surface area is 110 Å². The summed E-state index contributed by atoms with van der Waals surface area (Å²) >= 11 is 1.46. The van der Waals surface area contributed by atoms with Gasteiger partial charge in [-0.3, -0.25) is 9.59 Å². The molecule has 0 fully saturated rings. The summed E-state index contributed by atoms with van der Waals surface area (Å²) in [7, 11) is 0. The molecule has 5 nitrogen and oxygen atoms in total. The Morgan fingerprint density at radius 2 is 2.06 bits per heavy atom. The van der Waals surface area contributed by atoms with Crippen LogP contribution in [0.2, 0.25) is 0 Å². The molecule has 18 heavy (non-hydrogen) atoms. The van der Waals surface area contributed by atoms with Gasteiger partial charge < -0.3 is 15.7 Å². The first-order valence-electron chi connectivity index (χ1n) is 5.60. The molecule has 0 aliphatic rings. The third-order valence-electron chi connectivity index (χ3n) is 2.08. The average molecular weight is 270 g/mol. The highest BCUT2D eigenvalue weighted by atomic mass is 32.1. The van der Waals surface area contributed by atoms with Crippen molar-refractivity contribution in [2.45, 2.75) is 32.4 Å². The van der Waals surface area contributed by atoms with Crippen molar-refractivity contribution < 1.29 is 14.7 Å². The number of carbonyl (C=O) groups excluding carboxylic acids is 2. The third kappa shape index (κ3) is 4.85. The van der Waals surface area contributed by atoms with E-state index in [4.69, 9.17) is 0 Å². The summed E-state index contributed by atoms with van der Waals surface area (Å²) in [5.74, 6) is -1.43. The largest absolute Gasteiger partial charge is 0.387 e. The minimum absolute atomic E-state index is 0.0210. The SMILES string of the molecule is CC(C)(C)NC(=O)C(=O)NC[C@@H](O)c1ccsc1. The molecule has 100 valence electrons. The lowest BCUT2D eigenvalue weighted by atomic mass is 10.1. The molecular weight excluding hydrogens is 252 g/mol. The molecule has 0 radical (unpaired) electrons. The molecule has 0 saturated heterocycles. The number of hydrogen-bond donors (Lipinski definition) is 3. The zero-order valence-corrected chi connectivity index (χ0v) is 11.5. The Balaban J connectivity index is 2.39. The summed E-state index contributed by atoms with van der Waals surface area (Å²) in [6.45, 7) is 5.39. The van der Waals surface area contributed by atoms with Crippen molar-refractivity contribution in [1.82, 2.24) is 10.6 Å². The number of nitrogens with one attached hydrogen (secondary N) is 2. The minimum atomic E-state index is -0.789. The van der Waals surface area contributed by atoms with Crippen molar-refractivity contribution in [3.05, 3.63) is 22.4 Å². The maximum atomic E-state index is 11.5. The van der Waals surface area contributed by atoms with Crippen LogP contribution in [0.5, 0.6) is 0 Å². The van der Waals surface area contributed by atoms with E-state index < -0.39 is 23.5 Å². The first-order valence-corrected chi connectivity index (χ1v) is 6.54. The molecule has 0 unspecified atom stereocenters. The van der Waals surface area contributed by atoms with E-state index in [2.05, 4.69) is 10.6 Å². The van der Waals surface area contributed by atoms with Crippen LogP contribution in [0.3, 0.4) is 0 Å². The minimum Gasteiger partial charge on any atom is -0.387 e. The van der Waals surface area contributed by atoms with Gasteiger partial charge in [-0.05, 0) is 43.2 Å². The predicted octanol–water partition coefficient (Wildman–Crippen LogP) is 0.812. The van der Waals surface area contributed by atoms with Gasteiger partial charge in [0.05, 0.1) is 6.10 Å². The van der Waals surface area contributed by atoms with E-state index in [1.807, 2.05) is 5.38 Å². The van der Waals surface area contributed by atoms with Crippen LogP contribution in [0, 0.1) is 0 Å². The van der Waals surface area contributed by atoms with Crippen LogP contribution in [0.25, 0.3) is 0 Å². The Morgan fingerprint density at radius 3 is 2.56 bits per heavy atom.